The van der Waals surface area contributed by atoms with Gasteiger partial charge in [0.25, 0.3) is 0 Å². The number of rotatable bonds is 34. The third-order valence-electron chi connectivity index (χ3n) is 9.48. The van der Waals surface area contributed by atoms with Gasteiger partial charge in [-0.05, 0) is 71.1 Å². The van der Waals surface area contributed by atoms with Gasteiger partial charge in [-0.3, -0.25) is 10.6 Å². The van der Waals surface area contributed by atoms with Crippen LogP contribution in [-0.4, -0.2) is 75.5 Å². The number of amides is 2. The van der Waals surface area contributed by atoms with E-state index in [0.29, 0.717) is 24.6 Å². The molecule has 0 unspecified atom stereocenters. The SMILES string of the molecule is CCCCCCCCCCCCCN(C)CCCOC(=O)Nc1cccc(NC(=O)OCCCN(C)CCCCCCCCCCCCC)c1. The molecule has 0 radical (unpaired) electrons. The summed E-state index contributed by atoms with van der Waals surface area (Å²) in [4.78, 5) is 29.3. The van der Waals surface area contributed by atoms with Crippen LogP contribution in [0.25, 0.3) is 0 Å². The molecule has 0 saturated heterocycles. The van der Waals surface area contributed by atoms with Gasteiger partial charge in [0.1, 0.15) is 0 Å². The maximum atomic E-state index is 12.3. The first-order valence-electron chi connectivity index (χ1n) is 20.8. The summed E-state index contributed by atoms with van der Waals surface area (Å²) in [6.45, 7) is 9.26. The van der Waals surface area contributed by atoms with E-state index < -0.39 is 12.2 Å². The molecule has 1 aromatic carbocycles. The van der Waals surface area contributed by atoms with Crippen LogP contribution in [0, 0.1) is 0 Å². The van der Waals surface area contributed by atoms with Crippen LogP contribution in [0.5, 0.6) is 0 Å². The number of carbonyl (C=O) groups is 2. The molecule has 0 fully saturated rings. The van der Waals surface area contributed by atoms with Crippen molar-refractivity contribution in [2.75, 3.05) is 64.1 Å². The highest BCUT2D eigenvalue weighted by Gasteiger charge is 2.08. The van der Waals surface area contributed by atoms with Gasteiger partial charge in [-0.25, -0.2) is 9.59 Å². The van der Waals surface area contributed by atoms with E-state index >= 15 is 0 Å². The number of ether oxygens (including phenoxy) is 2. The third-order valence-corrected chi connectivity index (χ3v) is 9.48. The Morgan fingerprint density at radius 1 is 0.480 bits per heavy atom. The molecule has 0 spiro atoms. The summed E-state index contributed by atoms with van der Waals surface area (Å²) in [5, 5.41) is 5.51. The van der Waals surface area contributed by atoms with E-state index in [1.54, 1.807) is 24.3 Å². The summed E-state index contributed by atoms with van der Waals surface area (Å²) >= 11 is 0. The second kappa shape index (κ2) is 33.8. The Bertz CT molecular complexity index is 862. The Morgan fingerprint density at radius 2 is 0.780 bits per heavy atom. The first kappa shape index (κ1) is 45.7. The summed E-state index contributed by atoms with van der Waals surface area (Å²) in [5.74, 6) is 0. The fourth-order valence-electron chi connectivity index (χ4n) is 6.30. The van der Waals surface area contributed by atoms with Crippen molar-refractivity contribution in [2.45, 2.75) is 168 Å². The monoisotopic (exact) mass is 703 g/mol. The lowest BCUT2D eigenvalue weighted by Crippen LogP contribution is -2.23. The van der Waals surface area contributed by atoms with Crippen LogP contribution in [0.15, 0.2) is 24.3 Å². The van der Waals surface area contributed by atoms with Crippen LogP contribution >= 0.6 is 0 Å². The zero-order valence-corrected chi connectivity index (χ0v) is 33.1. The predicted molar refractivity (Wildman–Crippen MR) is 214 cm³/mol. The van der Waals surface area contributed by atoms with Gasteiger partial charge in [-0.2, -0.15) is 0 Å². The second-order valence-corrected chi connectivity index (χ2v) is 14.5. The smallest absolute Gasteiger partial charge is 0.411 e. The molecule has 2 amide bonds. The van der Waals surface area contributed by atoms with Gasteiger partial charge in [-0.1, -0.05) is 148 Å². The maximum Gasteiger partial charge on any atom is 0.411 e. The molecular formula is C42H78N4O4. The van der Waals surface area contributed by atoms with Gasteiger partial charge in [0.15, 0.2) is 0 Å². The molecule has 50 heavy (non-hydrogen) atoms. The maximum absolute atomic E-state index is 12.3. The van der Waals surface area contributed by atoms with Crippen molar-refractivity contribution in [1.29, 1.82) is 0 Å². The average molecular weight is 703 g/mol. The Labute approximate surface area is 308 Å². The Balaban J connectivity index is 2.04. The highest BCUT2D eigenvalue weighted by atomic mass is 16.6. The zero-order valence-electron chi connectivity index (χ0n) is 33.1. The quantitative estimate of drug-likeness (QED) is 0.0696. The van der Waals surface area contributed by atoms with Crippen LogP contribution in [0.2, 0.25) is 0 Å². The van der Waals surface area contributed by atoms with E-state index in [2.05, 4.69) is 48.4 Å². The minimum Gasteiger partial charge on any atom is -0.449 e. The number of carbonyl (C=O) groups excluding carboxylic acids is 2. The van der Waals surface area contributed by atoms with Crippen molar-refractivity contribution in [3.8, 4) is 0 Å². The van der Waals surface area contributed by atoms with E-state index in [9.17, 15) is 9.59 Å². The number of nitrogens with zero attached hydrogens (tertiary/aromatic N) is 2. The van der Waals surface area contributed by atoms with Gasteiger partial charge >= 0.3 is 12.2 Å². The number of hydrogen-bond donors (Lipinski definition) is 2. The highest BCUT2D eigenvalue weighted by Crippen LogP contribution is 2.16. The van der Waals surface area contributed by atoms with Crippen molar-refractivity contribution >= 4 is 23.6 Å². The Hall–Kier alpha value is -2.32. The van der Waals surface area contributed by atoms with E-state index in [1.807, 2.05) is 0 Å². The normalized spacial score (nSPS) is 11.3. The van der Waals surface area contributed by atoms with Crippen molar-refractivity contribution in [3.63, 3.8) is 0 Å². The lowest BCUT2D eigenvalue weighted by Gasteiger charge is -2.16. The molecule has 0 aliphatic carbocycles. The molecule has 0 aromatic heterocycles. The Kier molecular flexibility index (Phi) is 30.9. The van der Waals surface area contributed by atoms with Crippen LogP contribution < -0.4 is 10.6 Å². The molecule has 0 bridgehead atoms. The second-order valence-electron chi connectivity index (χ2n) is 14.5. The fourth-order valence-corrected chi connectivity index (χ4v) is 6.30. The van der Waals surface area contributed by atoms with Crippen molar-refractivity contribution in [2.24, 2.45) is 0 Å². The molecule has 0 atom stereocenters. The largest absolute Gasteiger partial charge is 0.449 e. The molecule has 0 heterocycles. The van der Waals surface area contributed by atoms with E-state index in [0.717, 1.165) is 39.0 Å². The Morgan fingerprint density at radius 3 is 1.12 bits per heavy atom. The number of hydrogen-bond acceptors (Lipinski definition) is 6. The van der Waals surface area contributed by atoms with Crippen molar-refractivity contribution in [1.82, 2.24) is 9.80 Å². The number of nitrogens with one attached hydrogen (secondary N) is 2. The highest BCUT2D eigenvalue weighted by molar-refractivity contribution is 5.88. The van der Waals surface area contributed by atoms with Crippen molar-refractivity contribution < 1.29 is 19.1 Å². The van der Waals surface area contributed by atoms with Crippen molar-refractivity contribution in [3.05, 3.63) is 24.3 Å². The average Bonchev–Trinajstić information content (AvgIpc) is 3.10. The van der Waals surface area contributed by atoms with Gasteiger partial charge in [0.2, 0.25) is 0 Å². The predicted octanol–water partition coefficient (Wildman–Crippen LogP) is 12.0. The molecule has 1 rings (SSSR count). The van der Waals surface area contributed by atoms with Crippen LogP contribution in [0.4, 0.5) is 21.0 Å². The van der Waals surface area contributed by atoms with Gasteiger partial charge in [0.05, 0.1) is 13.2 Å². The first-order chi connectivity index (χ1) is 24.4. The summed E-state index contributed by atoms with van der Waals surface area (Å²) in [6.07, 6.45) is 30.4. The van der Waals surface area contributed by atoms with Gasteiger partial charge < -0.3 is 19.3 Å². The minimum atomic E-state index is -0.491. The van der Waals surface area contributed by atoms with E-state index in [-0.39, 0.29) is 0 Å². The molecule has 0 saturated carbocycles. The summed E-state index contributed by atoms with van der Waals surface area (Å²) in [5.41, 5.74) is 1.12. The minimum absolute atomic E-state index is 0.368. The number of anilines is 2. The lowest BCUT2D eigenvalue weighted by atomic mass is 10.1. The van der Waals surface area contributed by atoms with Gasteiger partial charge in [0, 0.05) is 24.5 Å². The first-order valence-corrected chi connectivity index (χ1v) is 20.8. The van der Waals surface area contributed by atoms with E-state index in [4.69, 9.17) is 9.47 Å². The molecule has 8 nitrogen and oxygen atoms in total. The topological polar surface area (TPSA) is 83.1 Å². The molecule has 8 heteroatoms. The van der Waals surface area contributed by atoms with E-state index in [1.165, 1.54) is 141 Å². The van der Waals surface area contributed by atoms with Crippen LogP contribution in [0.1, 0.15) is 168 Å². The molecule has 0 aliphatic rings. The fraction of sp³-hybridized carbons (Fsp3) is 0.810. The summed E-state index contributed by atoms with van der Waals surface area (Å²) in [7, 11) is 4.28. The molecule has 2 N–H and O–H groups in total. The lowest BCUT2D eigenvalue weighted by molar-refractivity contribution is 0.154. The molecule has 1 aromatic rings. The molecular weight excluding hydrogens is 624 g/mol. The molecule has 290 valence electrons. The summed E-state index contributed by atoms with van der Waals surface area (Å²) in [6, 6.07) is 7.01. The van der Waals surface area contributed by atoms with Gasteiger partial charge in [-0.15, -0.1) is 0 Å². The summed E-state index contributed by atoms with van der Waals surface area (Å²) < 4.78 is 10.8. The van der Waals surface area contributed by atoms with Crippen LogP contribution in [0.3, 0.4) is 0 Å². The number of benzene rings is 1. The third kappa shape index (κ3) is 29.4. The zero-order chi connectivity index (χ0) is 36.3. The standard InChI is InChI=1S/C42H78N4O4/c1-5-7-9-11-13-15-17-19-21-23-25-32-45(3)34-28-36-49-41(47)43-39-30-27-31-40(38-39)44-42(48)50-37-29-35-46(4)33-26-24-22-20-18-16-14-12-10-8-6-2/h27,30-31,38H,5-26,28-29,32-37H2,1-4H3,(H,43,47)(H,44,48). The molecule has 0 aliphatic heterocycles. The number of unbranched alkanes of at least 4 members (excludes halogenated alkanes) is 20. The van der Waals surface area contributed by atoms with Crippen LogP contribution in [-0.2, 0) is 9.47 Å².